The van der Waals surface area contributed by atoms with E-state index in [1.54, 1.807) is 6.07 Å². The van der Waals surface area contributed by atoms with Crippen molar-refractivity contribution in [3.8, 4) is 0 Å². The molecule has 0 bridgehead atoms. The summed E-state index contributed by atoms with van der Waals surface area (Å²) in [5, 5.41) is 14.0. The van der Waals surface area contributed by atoms with E-state index in [9.17, 15) is 10.1 Å². The molecule has 110 valence electrons. The third-order valence-corrected chi connectivity index (χ3v) is 3.29. The van der Waals surface area contributed by atoms with E-state index in [-0.39, 0.29) is 5.69 Å². The maximum absolute atomic E-state index is 10.9. The second-order valence-electron chi connectivity index (χ2n) is 4.77. The van der Waals surface area contributed by atoms with Crippen LogP contribution in [-0.2, 0) is 4.74 Å². The van der Waals surface area contributed by atoms with E-state index >= 15 is 0 Å². The number of anilines is 2. The Hall–Kier alpha value is -1.86. The molecule has 1 aliphatic rings. The highest BCUT2D eigenvalue weighted by Gasteiger charge is 2.13. The zero-order valence-electron chi connectivity index (χ0n) is 11.4. The van der Waals surface area contributed by atoms with Gasteiger partial charge in [-0.15, -0.1) is 0 Å². The highest BCUT2D eigenvalue weighted by atomic mass is 16.6. The van der Waals surface area contributed by atoms with Crippen LogP contribution in [0.5, 0.6) is 0 Å². The van der Waals surface area contributed by atoms with Gasteiger partial charge in [-0.25, -0.2) is 0 Å². The Morgan fingerprint density at radius 3 is 2.85 bits per heavy atom. The molecule has 0 spiro atoms. The molecule has 0 radical (unpaired) electrons. The van der Waals surface area contributed by atoms with Crippen molar-refractivity contribution in [1.82, 2.24) is 4.90 Å². The third-order valence-electron chi connectivity index (χ3n) is 3.29. The number of nitrogens with one attached hydrogen (secondary N) is 1. The van der Waals surface area contributed by atoms with Crippen molar-refractivity contribution in [1.29, 1.82) is 0 Å². The van der Waals surface area contributed by atoms with Gasteiger partial charge in [0.25, 0.3) is 5.69 Å². The van der Waals surface area contributed by atoms with E-state index in [1.165, 1.54) is 12.1 Å². The Morgan fingerprint density at radius 1 is 1.40 bits per heavy atom. The maximum atomic E-state index is 10.9. The molecule has 1 aliphatic heterocycles. The lowest BCUT2D eigenvalue weighted by Gasteiger charge is -2.26. The fourth-order valence-electron chi connectivity index (χ4n) is 2.20. The van der Waals surface area contributed by atoms with Crippen LogP contribution in [-0.4, -0.2) is 49.2 Å². The summed E-state index contributed by atoms with van der Waals surface area (Å²) >= 11 is 0. The number of nitrogens with two attached hydrogens (primary N) is 1. The van der Waals surface area contributed by atoms with Gasteiger partial charge in [0.2, 0.25) is 0 Å². The molecule has 0 amide bonds. The van der Waals surface area contributed by atoms with E-state index in [0.717, 1.165) is 39.3 Å². The number of hydrogen-bond acceptors (Lipinski definition) is 6. The Balaban J connectivity index is 1.81. The van der Waals surface area contributed by atoms with Crippen LogP contribution < -0.4 is 11.1 Å². The van der Waals surface area contributed by atoms with Crippen molar-refractivity contribution in [3.63, 3.8) is 0 Å². The van der Waals surface area contributed by atoms with Crippen molar-refractivity contribution in [2.24, 2.45) is 0 Å². The second kappa shape index (κ2) is 7.06. The molecular formula is C13H20N4O3. The Bertz CT molecular complexity index is 461. The van der Waals surface area contributed by atoms with Gasteiger partial charge in [0, 0.05) is 31.4 Å². The molecular weight excluding hydrogens is 260 g/mol. The number of ether oxygens (including phenoxy) is 1. The molecule has 1 aromatic carbocycles. The van der Waals surface area contributed by atoms with Crippen LogP contribution in [0.4, 0.5) is 17.1 Å². The topological polar surface area (TPSA) is 93.7 Å². The molecule has 3 N–H and O–H groups in total. The minimum absolute atomic E-state index is 0.0607. The summed E-state index contributed by atoms with van der Waals surface area (Å²) in [5.41, 5.74) is 6.73. The van der Waals surface area contributed by atoms with Crippen molar-refractivity contribution in [3.05, 3.63) is 28.3 Å². The zero-order chi connectivity index (χ0) is 14.4. The van der Waals surface area contributed by atoms with Crippen molar-refractivity contribution in [2.75, 3.05) is 50.4 Å². The normalized spacial score (nSPS) is 16.0. The number of nitrogen functional groups attached to an aromatic ring is 1. The van der Waals surface area contributed by atoms with Crippen LogP contribution in [0.2, 0.25) is 0 Å². The molecule has 0 aromatic heterocycles. The van der Waals surface area contributed by atoms with Crippen molar-refractivity contribution < 1.29 is 9.66 Å². The Morgan fingerprint density at radius 2 is 2.15 bits per heavy atom. The van der Waals surface area contributed by atoms with Gasteiger partial charge in [0.1, 0.15) is 5.69 Å². The molecule has 2 rings (SSSR count). The fraction of sp³-hybridized carbons (Fsp3) is 0.538. The predicted molar refractivity (Wildman–Crippen MR) is 77.9 cm³/mol. The molecule has 0 aliphatic carbocycles. The standard InChI is InChI=1S/C13H20N4O3/c14-11-2-3-13(17(18)19)12(10-11)15-4-1-5-16-6-8-20-9-7-16/h2-3,10,15H,1,4-9,14H2. The lowest BCUT2D eigenvalue weighted by atomic mass is 10.2. The monoisotopic (exact) mass is 280 g/mol. The summed E-state index contributed by atoms with van der Waals surface area (Å²) in [7, 11) is 0. The zero-order valence-corrected chi connectivity index (χ0v) is 11.4. The van der Waals surface area contributed by atoms with E-state index < -0.39 is 4.92 Å². The van der Waals surface area contributed by atoms with E-state index in [4.69, 9.17) is 10.5 Å². The summed E-state index contributed by atoms with van der Waals surface area (Å²) in [6, 6.07) is 4.57. The maximum Gasteiger partial charge on any atom is 0.292 e. The van der Waals surface area contributed by atoms with E-state index in [1.807, 2.05) is 0 Å². The highest BCUT2D eigenvalue weighted by Crippen LogP contribution is 2.26. The molecule has 0 unspecified atom stereocenters. The fourth-order valence-corrected chi connectivity index (χ4v) is 2.20. The molecule has 1 heterocycles. The van der Waals surface area contributed by atoms with Crippen LogP contribution in [0.3, 0.4) is 0 Å². The first-order chi connectivity index (χ1) is 9.66. The van der Waals surface area contributed by atoms with Gasteiger partial charge in [0.15, 0.2) is 0 Å². The van der Waals surface area contributed by atoms with E-state index in [2.05, 4.69) is 10.2 Å². The molecule has 1 saturated heterocycles. The van der Waals surface area contributed by atoms with Gasteiger partial charge < -0.3 is 15.8 Å². The van der Waals surface area contributed by atoms with Gasteiger partial charge in [-0.1, -0.05) is 0 Å². The number of hydrogen-bond donors (Lipinski definition) is 2. The number of benzene rings is 1. The Kier molecular flexibility index (Phi) is 5.14. The first-order valence-electron chi connectivity index (χ1n) is 6.75. The van der Waals surface area contributed by atoms with Gasteiger partial charge in [-0.2, -0.15) is 0 Å². The van der Waals surface area contributed by atoms with Crippen molar-refractivity contribution in [2.45, 2.75) is 6.42 Å². The number of nitrogens with zero attached hydrogens (tertiary/aromatic N) is 2. The smallest absolute Gasteiger partial charge is 0.292 e. The summed E-state index contributed by atoms with van der Waals surface area (Å²) in [6.45, 7) is 5.13. The number of nitro groups is 1. The first kappa shape index (κ1) is 14.5. The number of rotatable bonds is 6. The van der Waals surface area contributed by atoms with Gasteiger partial charge >= 0.3 is 0 Å². The highest BCUT2D eigenvalue weighted by molar-refractivity contribution is 5.67. The third kappa shape index (κ3) is 4.07. The van der Waals surface area contributed by atoms with Crippen LogP contribution >= 0.6 is 0 Å². The van der Waals surface area contributed by atoms with E-state index in [0.29, 0.717) is 17.9 Å². The summed E-state index contributed by atoms with van der Waals surface area (Å²) in [4.78, 5) is 12.8. The molecule has 7 nitrogen and oxygen atoms in total. The van der Waals surface area contributed by atoms with Crippen LogP contribution in [0.25, 0.3) is 0 Å². The average Bonchev–Trinajstić information content (AvgIpc) is 2.44. The lowest BCUT2D eigenvalue weighted by molar-refractivity contribution is -0.383. The number of nitro benzene ring substituents is 1. The quantitative estimate of drug-likeness (QED) is 0.353. The van der Waals surface area contributed by atoms with Crippen LogP contribution in [0.1, 0.15) is 6.42 Å². The Labute approximate surface area is 117 Å². The largest absolute Gasteiger partial charge is 0.399 e. The molecule has 1 fully saturated rings. The molecule has 7 heteroatoms. The van der Waals surface area contributed by atoms with Crippen LogP contribution in [0.15, 0.2) is 18.2 Å². The number of morpholine rings is 1. The van der Waals surface area contributed by atoms with Gasteiger partial charge in [-0.3, -0.25) is 15.0 Å². The lowest BCUT2D eigenvalue weighted by Crippen LogP contribution is -2.37. The predicted octanol–water partition coefficient (Wildman–Crippen LogP) is 1.31. The molecule has 0 saturated carbocycles. The van der Waals surface area contributed by atoms with Gasteiger partial charge in [0.05, 0.1) is 18.1 Å². The molecule has 0 atom stereocenters. The van der Waals surface area contributed by atoms with Crippen LogP contribution in [0, 0.1) is 10.1 Å². The second-order valence-corrected chi connectivity index (χ2v) is 4.77. The minimum Gasteiger partial charge on any atom is -0.399 e. The minimum atomic E-state index is -0.399. The summed E-state index contributed by atoms with van der Waals surface area (Å²) in [6.07, 6.45) is 0.923. The molecule has 1 aromatic rings. The summed E-state index contributed by atoms with van der Waals surface area (Å²) in [5.74, 6) is 0. The first-order valence-corrected chi connectivity index (χ1v) is 6.75. The molecule has 20 heavy (non-hydrogen) atoms. The summed E-state index contributed by atoms with van der Waals surface area (Å²) < 4.78 is 5.28. The van der Waals surface area contributed by atoms with Gasteiger partial charge in [-0.05, 0) is 25.1 Å². The average molecular weight is 280 g/mol. The SMILES string of the molecule is Nc1ccc([N+](=O)[O-])c(NCCCN2CCOCC2)c1. The van der Waals surface area contributed by atoms with Crippen molar-refractivity contribution >= 4 is 17.1 Å².